The van der Waals surface area contributed by atoms with E-state index in [1.165, 1.54) is 11.1 Å². The molecule has 1 aromatic carbocycles. The Morgan fingerprint density at radius 2 is 1.69 bits per heavy atom. The Hall–Kier alpha value is -1.43. The summed E-state index contributed by atoms with van der Waals surface area (Å²) in [6.07, 6.45) is 8.94. The molecular formula is C34H54O4S. The molecule has 0 aromatic heterocycles. The molecule has 3 rings (SSSR count). The monoisotopic (exact) mass is 558 g/mol. The normalized spacial score (nSPS) is 29.8. The van der Waals surface area contributed by atoms with Crippen LogP contribution in [0.3, 0.4) is 0 Å². The number of allylic oxidation sites excluding steroid dienone is 1. The van der Waals surface area contributed by atoms with Crippen molar-refractivity contribution in [1.82, 2.24) is 0 Å². The van der Waals surface area contributed by atoms with Gasteiger partial charge in [0.05, 0.1) is 35.1 Å². The zero-order valence-corrected chi connectivity index (χ0v) is 26.2. The van der Waals surface area contributed by atoms with E-state index < -0.39 is 9.84 Å². The van der Waals surface area contributed by atoms with Crippen LogP contribution >= 0.6 is 0 Å². The van der Waals surface area contributed by atoms with Crippen molar-refractivity contribution in [3.63, 3.8) is 0 Å². The van der Waals surface area contributed by atoms with Gasteiger partial charge in [-0.1, -0.05) is 90.8 Å². The predicted molar refractivity (Wildman–Crippen MR) is 163 cm³/mol. The lowest BCUT2D eigenvalue weighted by molar-refractivity contribution is 0.00926. The van der Waals surface area contributed by atoms with E-state index in [-0.39, 0.29) is 41.8 Å². The number of rotatable bonds is 15. The van der Waals surface area contributed by atoms with Gasteiger partial charge in [0.25, 0.3) is 0 Å². The zero-order chi connectivity index (χ0) is 28.7. The Morgan fingerprint density at radius 3 is 2.31 bits per heavy atom. The molecule has 1 aromatic rings. The number of hydrogen-bond donors (Lipinski definition) is 0. The third-order valence-electron chi connectivity index (χ3n) is 9.54. The first-order valence-corrected chi connectivity index (χ1v) is 17.0. The molecule has 2 fully saturated rings. The molecule has 2 aliphatic rings. The number of ether oxygens (including phenoxy) is 2. The maximum atomic E-state index is 13.4. The van der Waals surface area contributed by atoms with E-state index in [9.17, 15) is 8.42 Å². The largest absolute Gasteiger partial charge is 0.374 e. The second kappa shape index (κ2) is 14.5. The third kappa shape index (κ3) is 8.78. The molecule has 2 aliphatic heterocycles. The third-order valence-corrected chi connectivity index (χ3v) is 11.4. The molecule has 0 saturated carbocycles. The van der Waals surface area contributed by atoms with E-state index in [0.717, 1.165) is 51.4 Å². The maximum absolute atomic E-state index is 13.4. The van der Waals surface area contributed by atoms with Gasteiger partial charge in [-0.2, -0.15) is 0 Å². The Bertz CT molecular complexity index is 1030. The summed E-state index contributed by atoms with van der Waals surface area (Å²) in [5.74, 6) is 1.59. The Kier molecular flexibility index (Phi) is 11.9. The summed E-state index contributed by atoms with van der Waals surface area (Å²) in [6.45, 7) is 22.0. The quantitative estimate of drug-likeness (QED) is 0.160. The first-order valence-electron chi connectivity index (χ1n) is 15.4. The lowest BCUT2D eigenvalue weighted by Gasteiger charge is -2.27. The molecule has 2 saturated heterocycles. The highest BCUT2D eigenvalue weighted by Gasteiger charge is 2.44. The summed E-state index contributed by atoms with van der Waals surface area (Å²) in [6, 6.07) is 8.89. The van der Waals surface area contributed by atoms with Crippen molar-refractivity contribution < 1.29 is 17.9 Å². The number of sulfone groups is 1. The summed E-state index contributed by atoms with van der Waals surface area (Å²) in [4.78, 5) is 0.411. The molecule has 0 aliphatic carbocycles. The highest BCUT2D eigenvalue weighted by molar-refractivity contribution is 7.91. The minimum atomic E-state index is -3.39. The number of benzene rings is 1. The van der Waals surface area contributed by atoms with E-state index in [2.05, 4.69) is 54.7 Å². The Labute approximate surface area is 239 Å². The molecule has 39 heavy (non-hydrogen) atoms. The fraction of sp³-hybridized carbons (Fsp3) is 0.706. The molecule has 9 atom stereocenters. The second-order valence-electron chi connectivity index (χ2n) is 12.8. The van der Waals surface area contributed by atoms with E-state index >= 15 is 0 Å². The van der Waals surface area contributed by atoms with E-state index in [1.54, 1.807) is 24.3 Å². The van der Waals surface area contributed by atoms with Crippen LogP contribution in [0.4, 0.5) is 0 Å². The van der Waals surface area contributed by atoms with Gasteiger partial charge in [0.15, 0.2) is 9.84 Å². The predicted octanol–water partition coefficient (Wildman–Crippen LogP) is 8.43. The van der Waals surface area contributed by atoms with Gasteiger partial charge in [-0.3, -0.25) is 0 Å². The molecule has 0 bridgehead atoms. The fourth-order valence-electron chi connectivity index (χ4n) is 6.51. The van der Waals surface area contributed by atoms with Crippen LogP contribution in [0, 0.1) is 29.6 Å². The minimum Gasteiger partial charge on any atom is -0.374 e. The van der Waals surface area contributed by atoms with Crippen LogP contribution in [0.2, 0.25) is 0 Å². The molecule has 220 valence electrons. The Balaban J connectivity index is 1.59. The van der Waals surface area contributed by atoms with Crippen LogP contribution in [0.1, 0.15) is 92.9 Å². The van der Waals surface area contributed by atoms with E-state index in [4.69, 9.17) is 9.47 Å². The van der Waals surface area contributed by atoms with Crippen molar-refractivity contribution >= 4 is 9.84 Å². The van der Waals surface area contributed by atoms with Crippen molar-refractivity contribution in [3.05, 3.63) is 54.6 Å². The molecule has 3 unspecified atom stereocenters. The number of unbranched alkanes of at least 4 members (excludes halogenated alkanes) is 1. The van der Waals surface area contributed by atoms with Gasteiger partial charge in [-0.25, -0.2) is 8.42 Å². The van der Waals surface area contributed by atoms with Gasteiger partial charge in [0, 0.05) is 5.92 Å². The van der Waals surface area contributed by atoms with Crippen LogP contribution in [0.25, 0.3) is 0 Å². The average molecular weight is 559 g/mol. The van der Waals surface area contributed by atoms with Gasteiger partial charge < -0.3 is 9.47 Å². The van der Waals surface area contributed by atoms with Crippen LogP contribution in [0.5, 0.6) is 0 Å². The highest BCUT2D eigenvalue weighted by atomic mass is 32.2. The minimum absolute atomic E-state index is 0.0169. The summed E-state index contributed by atoms with van der Waals surface area (Å²) < 4.78 is 39.4. The van der Waals surface area contributed by atoms with Gasteiger partial charge in [0.1, 0.15) is 0 Å². The summed E-state index contributed by atoms with van der Waals surface area (Å²) >= 11 is 0. The standard InChI is InChI=1S/C34H54O4S/c1-9-23(2)19-33-29(8)31(22-39(35,36)30-16-11-10-12-17-30)34(38-33)21-25(4)28(7)24(3)15-13-14-18-32-26(5)20-27(6)37-32/h10-12,16-17,23-25,27,29,31-34H,5,7,9,13-15,18-22H2,1-4,6,8H3/t23?,24-,25-,27+,29-,31-,32?,33-,34?/m1/s1. The van der Waals surface area contributed by atoms with Crippen LogP contribution < -0.4 is 0 Å². The topological polar surface area (TPSA) is 52.6 Å². The summed E-state index contributed by atoms with van der Waals surface area (Å²) in [5.41, 5.74) is 2.51. The first-order chi connectivity index (χ1) is 18.4. The van der Waals surface area contributed by atoms with E-state index in [0.29, 0.717) is 22.8 Å². The van der Waals surface area contributed by atoms with Crippen LogP contribution in [-0.2, 0) is 19.3 Å². The molecule has 4 nitrogen and oxygen atoms in total. The lowest BCUT2D eigenvalue weighted by atomic mass is 9.80. The summed E-state index contributed by atoms with van der Waals surface area (Å²) in [5, 5.41) is 0. The zero-order valence-electron chi connectivity index (χ0n) is 25.4. The van der Waals surface area contributed by atoms with Crippen LogP contribution in [-0.4, -0.2) is 38.6 Å². The highest BCUT2D eigenvalue weighted by Crippen LogP contribution is 2.41. The van der Waals surface area contributed by atoms with Gasteiger partial charge >= 0.3 is 0 Å². The SMILES string of the molecule is C=C1C[C@H](C)OC1CCCC[C@@H](C)C(=C)[C@H](C)CC1O[C@H](CC(C)CC)[C@H](C)[C@H]1CS(=O)(=O)c1ccccc1. The van der Waals surface area contributed by atoms with Gasteiger partial charge in [0.2, 0.25) is 0 Å². The first kappa shape index (κ1) is 32.1. The lowest BCUT2D eigenvalue weighted by Crippen LogP contribution is -2.30. The molecule has 2 heterocycles. The molecule has 5 heteroatoms. The number of hydrogen-bond acceptors (Lipinski definition) is 4. The molecule has 0 radical (unpaired) electrons. The van der Waals surface area contributed by atoms with Gasteiger partial charge in [-0.15, -0.1) is 0 Å². The van der Waals surface area contributed by atoms with Gasteiger partial charge in [-0.05, 0) is 80.4 Å². The van der Waals surface area contributed by atoms with Crippen molar-refractivity contribution in [1.29, 1.82) is 0 Å². The fourth-order valence-corrected chi connectivity index (χ4v) is 8.30. The molecular weight excluding hydrogens is 504 g/mol. The second-order valence-corrected chi connectivity index (χ2v) is 14.8. The average Bonchev–Trinajstić information content (AvgIpc) is 3.37. The van der Waals surface area contributed by atoms with Crippen molar-refractivity contribution in [2.24, 2.45) is 29.6 Å². The Morgan fingerprint density at radius 1 is 1.00 bits per heavy atom. The molecule has 0 spiro atoms. The molecule has 0 amide bonds. The van der Waals surface area contributed by atoms with Crippen molar-refractivity contribution in [2.45, 2.75) is 122 Å². The van der Waals surface area contributed by atoms with Crippen LogP contribution in [0.15, 0.2) is 59.5 Å². The summed E-state index contributed by atoms with van der Waals surface area (Å²) in [7, 11) is -3.39. The molecule has 0 N–H and O–H groups in total. The van der Waals surface area contributed by atoms with Crippen molar-refractivity contribution in [2.75, 3.05) is 5.75 Å². The van der Waals surface area contributed by atoms with E-state index in [1.807, 2.05) is 6.07 Å². The van der Waals surface area contributed by atoms with Crippen molar-refractivity contribution in [3.8, 4) is 0 Å². The maximum Gasteiger partial charge on any atom is 0.178 e. The smallest absolute Gasteiger partial charge is 0.178 e.